The number of aryl methyl sites for hydroxylation is 1. The Morgan fingerprint density at radius 2 is 2.11 bits per heavy atom. The lowest BCUT2D eigenvalue weighted by molar-refractivity contribution is -0.121. The first-order chi connectivity index (χ1) is 9.10. The van der Waals surface area contributed by atoms with Crippen LogP contribution in [0.1, 0.15) is 53.0 Å². The van der Waals surface area contributed by atoms with Crippen LogP contribution in [0.3, 0.4) is 0 Å². The summed E-state index contributed by atoms with van der Waals surface area (Å²) in [5.41, 5.74) is 0.571. The quantitative estimate of drug-likeness (QED) is 0.865. The molecular formula is C13H18N2O3S. The van der Waals surface area contributed by atoms with Gasteiger partial charge in [-0.3, -0.25) is 4.79 Å². The van der Waals surface area contributed by atoms with Crippen LogP contribution in [-0.4, -0.2) is 28.0 Å². The third-order valence-electron chi connectivity index (χ3n) is 3.30. The zero-order valence-corrected chi connectivity index (χ0v) is 11.8. The summed E-state index contributed by atoms with van der Waals surface area (Å²) in [6.45, 7) is 1.86. The van der Waals surface area contributed by atoms with E-state index in [-0.39, 0.29) is 23.2 Å². The van der Waals surface area contributed by atoms with E-state index in [1.54, 1.807) is 0 Å². The molecule has 1 fully saturated rings. The van der Waals surface area contributed by atoms with Crippen LogP contribution in [0, 0.1) is 0 Å². The van der Waals surface area contributed by atoms with Crippen molar-refractivity contribution < 1.29 is 14.7 Å². The van der Waals surface area contributed by atoms with E-state index in [1.165, 1.54) is 12.8 Å². The molecule has 104 valence electrons. The number of amides is 1. The molecule has 0 radical (unpaired) electrons. The van der Waals surface area contributed by atoms with Crippen LogP contribution in [0.5, 0.6) is 0 Å². The third-order valence-corrected chi connectivity index (χ3v) is 4.39. The van der Waals surface area contributed by atoms with Crippen molar-refractivity contribution in [1.82, 2.24) is 10.3 Å². The van der Waals surface area contributed by atoms with Gasteiger partial charge in [0, 0.05) is 6.04 Å². The van der Waals surface area contributed by atoms with Crippen LogP contribution in [0.2, 0.25) is 0 Å². The second kappa shape index (κ2) is 6.14. The molecule has 5 nitrogen and oxygen atoms in total. The van der Waals surface area contributed by atoms with E-state index < -0.39 is 5.97 Å². The zero-order valence-electron chi connectivity index (χ0n) is 10.9. The van der Waals surface area contributed by atoms with Gasteiger partial charge in [-0.1, -0.05) is 19.8 Å². The molecule has 0 aliphatic heterocycles. The van der Waals surface area contributed by atoms with Gasteiger partial charge in [-0.25, -0.2) is 9.78 Å². The lowest BCUT2D eigenvalue weighted by atomic mass is 10.2. The number of carbonyl (C=O) groups is 2. The summed E-state index contributed by atoms with van der Waals surface area (Å²) in [7, 11) is 0. The lowest BCUT2D eigenvalue weighted by Gasteiger charge is -2.10. The van der Waals surface area contributed by atoms with Gasteiger partial charge < -0.3 is 10.4 Å². The number of nitrogens with zero attached hydrogens (tertiary/aromatic N) is 1. The summed E-state index contributed by atoms with van der Waals surface area (Å²) in [6, 6.07) is 0.289. The normalized spacial score (nSPS) is 15.6. The monoisotopic (exact) mass is 282 g/mol. The number of aromatic carboxylic acids is 1. The third kappa shape index (κ3) is 3.53. The lowest BCUT2D eigenvalue weighted by Crippen LogP contribution is -2.33. The van der Waals surface area contributed by atoms with Crippen LogP contribution in [0.25, 0.3) is 0 Å². The van der Waals surface area contributed by atoms with Gasteiger partial charge >= 0.3 is 5.97 Å². The van der Waals surface area contributed by atoms with Crippen molar-refractivity contribution in [3.8, 4) is 0 Å². The van der Waals surface area contributed by atoms with Crippen LogP contribution >= 0.6 is 11.3 Å². The number of aromatic nitrogens is 1. The Hall–Kier alpha value is -1.43. The van der Waals surface area contributed by atoms with Crippen LogP contribution in [0.15, 0.2) is 0 Å². The molecule has 6 heteroatoms. The van der Waals surface area contributed by atoms with Gasteiger partial charge in [-0.2, -0.15) is 0 Å². The summed E-state index contributed by atoms with van der Waals surface area (Å²) in [5, 5.41) is 12.6. The Labute approximate surface area is 116 Å². The highest BCUT2D eigenvalue weighted by Crippen LogP contribution is 2.21. The van der Waals surface area contributed by atoms with Gasteiger partial charge in [-0.05, 0) is 19.3 Å². The maximum atomic E-state index is 11.9. The highest BCUT2D eigenvalue weighted by atomic mass is 32.1. The number of carboxylic acid groups (broad SMARTS) is 1. The van der Waals surface area contributed by atoms with Crippen molar-refractivity contribution >= 4 is 23.2 Å². The maximum Gasteiger partial charge on any atom is 0.347 e. The van der Waals surface area contributed by atoms with E-state index in [0.717, 1.165) is 24.2 Å². The highest BCUT2D eigenvalue weighted by Gasteiger charge is 2.20. The topological polar surface area (TPSA) is 79.3 Å². The van der Waals surface area contributed by atoms with E-state index in [4.69, 9.17) is 5.11 Å². The predicted molar refractivity (Wildman–Crippen MR) is 72.6 cm³/mol. The van der Waals surface area contributed by atoms with Gasteiger partial charge in [0.2, 0.25) is 5.91 Å². The average molecular weight is 282 g/mol. The Morgan fingerprint density at radius 3 is 2.63 bits per heavy atom. The van der Waals surface area contributed by atoms with E-state index >= 15 is 0 Å². The first kappa shape index (κ1) is 14.0. The number of hydrogen-bond acceptors (Lipinski definition) is 4. The summed E-state index contributed by atoms with van der Waals surface area (Å²) < 4.78 is 0. The number of thiazole rings is 1. The van der Waals surface area contributed by atoms with Crippen molar-refractivity contribution in [2.45, 2.75) is 51.5 Å². The van der Waals surface area contributed by atoms with Crippen LogP contribution < -0.4 is 5.32 Å². The van der Waals surface area contributed by atoms with Crippen LogP contribution in [0.4, 0.5) is 0 Å². The van der Waals surface area contributed by atoms with Crippen LogP contribution in [-0.2, 0) is 17.6 Å². The van der Waals surface area contributed by atoms with E-state index in [0.29, 0.717) is 17.1 Å². The standard InChI is InChI=1S/C13H18N2O3S/c1-2-9-12(13(17)18)19-11(15-9)7-10(16)14-8-5-3-4-6-8/h8H,2-7H2,1H3,(H,14,16)(H,17,18). The number of rotatable bonds is 5. The van der Waals surface area contributed by atoms with E-state index in [2.05, 4.69) is 10.3 Å². The van der Waals surface area contributed by atoms with Gasteiger partial charge in [-0.15, -0.1) is 11.3 Å². The molecule has 1 aromatic heterocycles. The largest absolute Gasteiger partial charge is 0.477 e. The van der Waals surface area contributed by atoms with Gasteiger partial charge in [0.15, 0.2) is 0 Å². The fourth-order valence-corrected chi connectivity index (χ4v) is 3.36. The van der Waals surface area contributed by atoms with Gasteiger partial charge in [0.25, 0.3) is 0 Å². The number of hydrogen-bond donors (Lipinski definition) is 2. The predicted octanol–water partition coefficient (Wildman–Crippen LogP) is 2.00. The highest BCUT2D eigenvalue weighted by molar-refractivity contribution is 7.13. The smallest absolute Gasteiger partial charge is 0.347 e. The molecular weight excluding hydrogens is 264 g/mol. The van der Waals surface area contributed by atoms with Gasteiger partial charge in [0.1, 0.15) is 9.88 Å². The summed E-state index contributed by atoms with van der Waals surface area (Å²) in [5.74, 6) is -1.02. The minimum Gasteiger partial charge on any atom is -0.477 e. The molecule has 2 N–H and O–H groups in total. The molecule has 0 aromatic carbocycles. The maximum absolute atomic E-state index is 11.9. The molecule has 0 spiro atoms. The minimum atomic E-state index is -0.961. The second-order valence-electron chi connectivity index (χ2n) is 4.77. The van der Waals surface area contributed by atoms with Crippen molar-refractivity contribution in [3.05, 3.63) is 15.6 Å². The van der Waals surface area contributed by atoms with Crippen molar-refractivity contribution in [1.29, 1.82) is 0 Å². The Balaban J connectivity index is 1.98. The molecule has 2 rings (SSSR count). The second-order valence-corrected chi connectivity index (χ2v) is 5.85. The van der Waals surface area contributed by atoms with Crippen molar-refractivity contribution in [2.24, 2.45) is 0 Å². The summed E-state index contributed by atoms with van der Waals surface area (Å²) in [4.78, 5) is 27.4. The summed E-state index contributed by atoms with van der Waals surface area (Å²) >= 11 is 1.11. The zero-order chi connectivity index (χ0) is 13.8. The number of carboxylic acids is 1. The molecule has 0 atom stereocenters. The van der Waals surface area contributed by atoms with Crippen molar-refractivity contribution in [3.63, 3.8) is 0 Å². The minimum absolute atomic E-state index is 0.0553. The Bertz CT molecular complexity index is 478. The fourth-order valence-electron chi connectivity index (χ4n) is 2.37. The molecule has 0 unspecified atom stereocenters. The SMILES string of the molecule is CCc1nc(CC(=O)NC2CCCC2)sc1C(=O)O. The van der Waals surface area contributed by atoms with Crippen molar-refractivity contribution in [2.75, 3.05) is 0 Å². The van der Waals surface area contributed by atoms with Gasteiger partial charge in [0.05, 0.1) is 12.1 Å². The molecule has 1 aromatic rings. The molecule has 0 bridgehead atoms. The van der Waals surface area contributed by atoms with E-state index in [9.17, 15) is 9.59 Å². The molecule has 1 amide bonds. The Kier molecular flexibility index (Phi) is 4.52. The molecule has 1 aliphatic rings. The molecule has 19 heavy (non-hydrogen) atoms. The number of nitrogens with one attached hydrogen (secondary N) is 1. The molecule has 0 saturated heterocycles. The Morgan fingerprint density at radius 1 is 1.42 bits per heavy atom. The first-order valence-corrected chi connectivity index (χ1v) is 7.43. The first-order valence-electron chi connectivity index (χ1n) is 6.61. The summed E-state index contributed by atoms with van der Waals surface area (Å²) in [6.07, 6.45) is 5.19. The van der Waals surface area contributed by atoms with E-state index in [1.807, 2.05) is 6.92 Å². The molecule has 1 heterocycles. The number of carbonyl (C=O) groups excluding carboxylic acids is 1. The molecule has 1 saturated carbocycles. The fraction of sp³-hybridized carbons (Fsp3) is 0.615. The molecule has 1 aliphatic carbocycles. The average Bonchev–Trinajstić information content (AvgIpc) is 2.97.